The van der Waals surface area contributed by atoms with E-state index in [1.165, 1.54) is 60.1 Å². The minimum absolute atomic E-state index is 0.810. The Morgan fingerprint density at radius 3 is 1.94 bits per heavy atom. The Labute approximate surface area is 188 Å². The summed E-state index contributed by atoms with van der Waals surface area (Å²) in [4.78, 5) is 4.64. The third kappa shape index (κ3) is 7.86. The number of benzene rings is 2. The maximum absolute atomic E-state index is 5.86. The van der Waals surface area contributed by atoms with Crippen LogP contribution in [0.25, 0.3) is 11.1 Å². The van der Waals surface area contributed by atoms with Crippen molar-refractivity contribution in [3.05, 3.63) is 83.7 Å². The lowest BCUT2D eigenvalue weighted by atomic mass is 10.0. The van der Waals surface area contributed by atoms with Crippen LogP contribution in [0.15, 0.2) is 66.9 Å². The summed E-state index contributed by atoms with van der Waals surface area (Å²) >= 11 is 0. The topological polar surface area (TPSA) is 22.1 Å². The molecule has 0 aliphatic heterocycles. The van der Waals surface area contributed by atoms with E-state index in [4.69, 9.17) is 4.74 Å². The number of aryl methyl sites for hydroxylation is 3. The highest BCUT2D eigenvalue weighted by molar-refractivity contribution is 5.64. The molecule has 2 nitrogen and oxygen atoms in total. The number of aromatic nitrogens is 1. The standard InChI is InChI=1S/C29H37NO/c1-3-5-7-8-22-31-29-20-16-27(17-21-29)26-14-10-24(11-15-26)12-18-28-19-13-25(23-30-28)9-6-4-2/h10-11,13-17,19-21,23H,3-9,12,18,22H2,1-2H3. The van der Waals surface area contributed by atoms with Gasteiger partial charge < -0.3 is 4.74 Å². The summed E-state index contributed by atoms with van der Waals surface area (Å²) in [6.07, 6.45) is 12.6. The second-order valence-electron chi connectivity index (χ2n) is 8.39. The predicted octanol–water partition coefficient (Wildman–Crippen LogP) is 7.84. The molecule has 0 amide bonds. The van der Waals surface area contributed by atoms with Crippen molar-refractivity contribution < 1.29 is 4.74 Å². The highest BCUT2D eigenvalue weighted by Gasteiger charge is 2.02. The number of hydrogen-bond acceptors (Lipinski definition) is 2. The van der Waals surface area contributed by atoms with Gasteiger partial charge in [-0.25, -0.2) is 0 Å². The van der Waals surface area contributed by atoms with E-state index < -0.39 is 0 Å². The van der Waals surface area contributed by atoms with Crippen molar-refractivity contribution >= 4 is 0 Å². The molecule has 0 radical (unpaired) electrons. The molecule has 0 bridgehead atoms. The average Bonchev–Trinajstić information content (AvgIpc) is 2.83. The molecule has 0 saturated heterocycles. The van der Waals surface area contributed by atoms with Gasteiger partial charge in [0.15, 0.2) is 0 Å². The molecule has 31 heavy (non-hydrogen) atoms. The highest BCUT2D eigenvalue weighted by Crippen LogP contribution is 2.23. The van der Waals surface area contributed by atoms with Crippen LogP contribution >= 0.6 is 0 Å². The van der Waals surface area contributed by atoms with Crippen LogP contribution in [-0.2, 0) is 19.3 Å². The third-order valence-corrected chi connectivity index (χ3v) is 5.78. The molecule has 3 aromatic rings. The fourth-order valence-electron chi connectivity index (χ4n) is 3.73. The Hall–Kier alpha value is -2.61. The van der Waals surface area contributed by atoms with Crippen molar-refractivity contribution in [1.29, 1.82) is 0 Å². The first kappa shape index (κ1) is 23.1. The number of pyridine rings is 1. The molecule has 0 fully saturated rings. The summed E-state index contributed by atoms with van der Waals surface area (Å²) in [5.41, 5.74) is 6.36. The average molecular weight is 416 g/mol. The monoisotopic (exact) mass is 415 g/mol. The minimum Gasteiger partial charge on any atom is -0.494 e. The molecule has 1 aromatic heterocycles. The number of unbranched alkanes of at least 4 members (excludes halogenated alkanes) is 4. The van der Waals surface area contributed by atoms with E-state index in [0.717, 1.165) is 38.0 Å². The van der Waals surface area contributed by atoms with Gasteiger partial charge in [0, 0.05) is 11.9 Å². The lowest BCUT2D eigenvalue weighted by Crippen LogP contribution is -1.97. The molecule has 164 valence electrons. The van der Waals surface area contributed by atoms with Crippen molar-refractivity contribution in [3.8, 4) is 16.9 Å². The van der Waals surface area contributed by atoms with Crippen molar-refractivity contribution in [1.82, 2.24) is 4.98 Å². The highest BCUT2D eigenvalue weighted by atomic mass is 16.5. The van der Waals surface area contributed by atoms with Gasteiger partial charge in [-0.3, -0.25) is 4.98 Å². The Kier molecular flexibility index (Phi) is 9.63. The van der Waals surface area contributed by atoms with E-state index in [9.17, 15) is 0 Å². The van der Waals surface area contributed by atoms with Gasteiger partial charge in [0.25, 0.3) is 0 Å². The first-order valence-electron chi connectivity index (χ1n) is 12.0. The lowest BCUT2D eigenvalue weighted by Gasteiger charge is -2.08. The van der Waals surface area contributed by atoms with Gasteiger partial charge in [0.05, 0.1) is 6.61 Å². The van der Waals surface area contributed by atoms with Crippen LogP contribution in [0.5, 0.6) is 5.75 Å². The molecular formula is C29H37NO. The zero-order chi connectivity index (χ0) is 21.7. The van der Waals surface area contributed by atoms with E-state index in [1.807, 2.05) is 6.20 Å². The van der Waals surface area contributed by atoms with Crippen molar-refractivity contribution in [2.45, 2.75) is 71.6 Å². The van der Waals surface area contributed by atoms with Crippen LogP contribution in [0.3, 0.4) is 0 Å². The van der Waals surface area contributed by atoms with Crippen LogP contribution in [0, 0.1) is 0 Å². The summed E-state index contributed by atoms with van der Waals surface area (Å²) in [6.45, 7) is 5.27. The molecular weight excluding hydrogens is 378 g/mol. The van der Waals surface area contributed by atoms with E-state index in [1.54, 1.807) is 0 Å². The maximum Gasteiger partial charge on any atom is 0.119 e. The van der Waals surface area contributed by atoms with Gasteiger partial charge in [-0.05, 0) is 72.6 Å². The fraction of sp³-hybridized carbons (Fsp3) is 0.414. The predicted molar refractivity (Wildman–Crippen MR) is 132 cm³/mol. The van der Waals surface area contributed by atoms with Crippen molar-refractivity contribution in [2.75, 3.05) is 6.61 Å². The van der Waals surface area contributed by atoms with Gasteiger partial charge in [-0.1, -0.05) is 82.0 Å². The Morgan fingerprint density at radius 2 is 1.29 bits per heavy atom. The number of nitrogens with zero attached hydrogens (tertiary/aromatic N) is 1. The van der Waals surface area contributed by atoms with Crippen LogP contribution in [0.2, 0.25) is 0 Å². The smallest absolute Gasteiger partial charge is 0.119 e. The lowest BCUT2D eigenvalue weighted by molar-refractivity contribution is 0.305. The van der Waals surface area contributed by atoms with Gasteiger partial charge in [0.2, 0.25) is 0 Å². The van der Waals surface area contributed by atoms with E-state index in [2.05, 4.69) is 79.5 Å². The molecule has 0 atom stereocenters. The molecule has 0 unspecified atom stereocenters. The van der Waals surface area contributed by atoms with E-state index >= 15 is 0 Å². The molecule has 0 aliphatic rings. The number of ether oxygens (including phenoxy) is 1. The minimum atomic E-state index is 0.810. The molecule has 2 heteroatoms. The van der Waals surface area contributed by atoms with E-state index in [0.29, 0.717) is 0 Å². The van der Waals surface area contributed by atoms with Gasteiger partial charge in [-0.2, -0.15) is 0 Å². The molecule has 1 heterocycles. The van der Waals surface area contributed by atoms with Gasteiger partial charge >= 0.3 is 0 Å². The molecule has 2 aromatic carbocycles. The summed E-state index contributed by atoms with van der Waals surface area (Å²) < 4.78 is 5.86. The summed E-state index contributed by atoms with van der Waals surface area (Å²) in [5, 5.41) is 0. The van der Waals surface area contributed by atoms with Gasteiger partial charge in [-0.15, -0.1) is 0 Å². The van der Waals surface area contributed by atoms with Crippen LogP contribution in [0.4, 0.5) is 0 Å². The molecule has 0 N–H and O–H groups in total. The second-order valence-corrected chi connectivity index (χ2v) is 8.39. The quantitative estimate of drug-likeness (QED) is 0.265. The zero-order valence-electron chi connectivity index (χ0n) is 19.3. The number of rotatable bonds is 13. The SMILES string of the molecule is CCCCCCOc1ccc(-c2ccc(CCc3ccc(CCCC)cn3)cc2)cc1. The Bertz CT molecular complexity index is 866. The van der Waals surface area contributed by atoms with Crippen LogP contribution in [-0.4, -0.2) is 11.6 Å². The first-order valence-corrected chi connectivity index (χ1v) is 12.0. The molecule has 0 aliphatic carbocycles. The normalized spacial score (nSPS) is 10.9. The molecule has 0 saturated carbocycles. The van der Waals surface area contributed by atoms with Crippen LogP contribution < -0.4 is 4.74 Å². The van der Waals surface area contributed by atoms with Crippen LogP contribution in [0.1, 0.15) is 69.2 Å². The van der Waals surface area contributed by atoms with Crippen molar-refractivity contribution in [3.63, 3.8) is 0 Å². The first-order chi connectivity index (χ1) is 15.3. The summed E-state index contributed by atoms with van der Waals surface area (Å²) in [6, 6.07) is 21.8. The molecule has 0 spiro atoms. The second kappa shape index (κ2) is 12.9. The Morgan fingerprint density at radius 1 is 0.613 bits per heavy atom. The summed E-state index contributed by atoms with van der Waals surface area (Å²) in [7, 11) is 0. The largest absolute Gasteiger partial charge is 0.494 e. The van der Waals surface area contributed by atoms with Crippen molar-refractivity contribution in [2.24, 2.45) is 0 Å². The third-order valence-electron chi connectivity index (χ3n) is 5.78. The fourth-order valence-corrected chi connectivity index (χ4v) is 3.73. The van der Waals surface area contributed by atoms with Gasteiger partial charge in [0.1, 0.15) is 5.75 Å². The zero-order valence-corrected chi connectivity index (χ0v) is 19.3. The van der Waals surface area contributed by atoms with E-state index in [-0.39, 0.29) is 0 Å². The maximum atomic E-state index is 5.86. The molecule has 3 rings (SSSR count). The number of hydrogen-bond donors (Lipinski definition) is 0. The Balaban J connectivity index is 1.47. The summed E-state index contributed by atoms with van der Waals surface area (Å²) in [5.74, 6) is 0.963.